The summed E-state index contributed by atoms with van der Waals surface area (Å²) in [5.74, 6) is 0. The SMILES string of the molecule is c1ccc(-c2cc(-c3ccc(-c4cc(-c5cccnc5)cc(-c5cccnc5)c4)cc3)nc3c2ccc2cccnc23)cc1.c1ccc(-c2ccnc3c2ccc2c(-c4ccccc4)cc(-c4ccc(-c5cc(-c6cccnc6)cc(-c6cccnc6)c5)cc4)nc23)cc1.c1cncc(-c2cc(-c3ccc(-c4ccc5ccc6cccnc6c5n4)cc3)cc(-c3cccnc3)c2)c1. The molecule has 0 aliphatic heterocycles. The molecule has 12 heteroatoms. The minimum Gasteiger partial charge on any atom is -0.264 e. The molecule has 12 nitrogen and oxygen atoms in total. The summed E-state index contributed by atoms with van der Waals surface area (Å²) in [6.45, 7) is 0. The van der Waals surface area contributed by atoms with Gasteiger partial charge in [0.25, 0.3) is 0 Å². The third kappa shape index (κ3) is 16.6. The standard InChI is InChI=1S/C46H30N4.C40H26N4.C34H22N4/c1-3-9-32(10-4-1)40-21-24-49-45-41(40)19-20-42-43(33-11-5-2-6-12-33)28-44(50-46(42)45)34-17-15-31(16-18-34)37-25-38(35-13-7-22-47-29-35)27-39(26-37)36-14-8-23-48-30-36;1-2-7-28(8-3-1)37-24-38(44-40-36(37)17-16-30-9-6-20-43-39(30)40)29-14-12-27(13-15-29)33-21-34(31-10-4-18-41-25-31)23-35(22-33)32-11-5-19-42-26-32;1-5-27(21-35-15-1)30-18-29(19-31(20-30)28-6-2-16-36-22-28)23-7-9-24(10-8-23)32-14-13-26-12-11-25-4-3-17-37-33(25)34(26)38-32/h1-30H;1-26H;1-22H. The van der Waals surface area contributed by atoms with Gasteiger partial charge >= 0.3 is 0 Å². The predicted octanol–water partition coefficient (Wildman–Crippen LogP) is 29.7. The van der Waals surface area contributed by atoms with Crippen molar-refractivity contribution in [2.75, 3.05) is 0 Å². The van der Waals surface area contributed by atoms with Gasteiger partial charge in [-0.2, -0.15) is 0 Å². The van der Waals surface area contributed by atoms with Gasteiger partial charge in [0.15, 0.2) is 0 Å². The normalized spacial score (nSPS) is 11.2. The second-order valence-corrected chi connectivity index (χ2v) is 32.4. The summed E-state index contributed by atoms with van der Waals surface area (Å²) in [5.41, 5.74) is 38.2. The molecule has 0 aliphatic rings. The maximum atomic E-state index is 5.33. The van der Waals surface area contributed by atoms with Crippen molar-refractivity contribution in [3.05, 3.63) is 475 Å². The molecular weight excluding hydrogens is 1610 g/mol. The summed E-state index contributed by atoms with van der Waals surface area (Å²) in [6, 6.07) is 134. The Morgan fingerprint density at radius 3 is 0.742 bits per heavy atom. The maximum absolute atomic E-state index is 5.33. The van der Waals surface area contributed by atoms with Crippen LogP contribution in [0, 0.1) is 0 Å². The molecule has 24 rings (SSSR count). The molecule has 132 heavy (non-hydrogen) atoms. The highest BCUT2D eigenvalue weighted by Crippen LogP contribution is 2.43. The fraction of sp³-hybridized carbons (Fsp3) is 0. The lowest BCUT2D eigenvalue weighted by atomic mass is 9.93. The van der Waals surface area contributed by atoms with Crippen molar-refractivity contribution in [3.8, 4) is 167 Å². The Morgan fingerprint density at radius 1 is 0.129 bits per heavy atom. The van der Waals surface area contributed by atoms with Crippen molar-refractivity contribution in [1.29, 1.82) is 0 Å². The molecular formula is C120H78N12. The average molecular weight is 1690 g/mol. The van der Waals surface area contributed by atoms with E-state index in [1.54, 1.807) is 37.2 Å². The van der Waals surface area contributed by atoms with Crippen LogP contribution in [0.4, 0.5) is 0 Å². The molecule has 0 aliphatic carbocycles. The van der Waals surface area contributed by atoms with Crippen LogP contribution in [0.2, 0.25) is 0 Å². The summed E-state index contributed by atoms with van der Waals surface area (Å²) in [5, 5.41) is 6.53. The molecule has 0 radical (unpaired) electrons. The molecule has 0 saturated carbocycles. The zero-order chi connectivity index (χ0) is 87.9. The number of rotatable bonds is 15. The zero-order valence-electron chi connectivity index (χ0n) is 71.4. The molecule has 0 saturated heterocycles. The van der Waals surface area contributed by atoms with Crippen LogP contribution in [0.5, 0.6) is 0 Å². The first-order valence-corrected chi connectivity index (χ1v) is 43.8. The number of nitrogens with zero attached hydrogens (tertiary/aromatic N) is 12. The fourth-order valence-electron chi connectivity index (χ4n) is 17.6. The van der Waals surface area contributed by atoms with Crippen molar-refractivity contribution >= 4 is 65.4 Å². The summed E-state index contributed by atoms with van der Waals surface area (Å²) < 4.78 is 0. The number of fused-ring (bicyclic) bond motifs is 9. The second-order valence-electron chi connectivity index (χ2n) is 32.4. The van der Waals surface area contributed by atoms with E-state index in [4.69, 9.17) is 24.9 Å². The molecule has 0 N–H and O–H groups in total. The van der Waals surface area contributed by atoms with Crippen LogP contribution in [0.15, 0.2) is 475 Å². The van der Waals surface area contributed by atoms with Crippen molar-refractivity contribution in [1.82, 2.24) is 59.8 Å². The van der Waals surface area contributed by atoms with Gasteiger partial charge in [0, 0.05) is 175 Å². The zero-order valence-corrected chi connectivity index (χ0v) is 71.4. The van der Waals surface area contributed by atoms with Crippen LogP contribution >= 0.6 is 0 Å². The van der Waals surface area contributed by atoms with Crippen molar-refractivity contribution in [3.63, 3.8) is 0 Å². The lowest BCUT2D eigenvalue weighted by molar-refractivity contribution is 1.32. The van der Waals surface area contributed by atoms with Gasteiger partial charge in [0.05, 0.1) is 50.2 Å². The van der Waals surface area contributed by atoms with Gasteiger partial charge < -0.3 is 0 Å². The van der Waals surface area contributed by atoms with Crippen LogP contribution in [-0.2, 0) is 0 Å². The van der Waals surface area contributed by atoms with Crippen molar-refractivity contribution < 1.29 is 0 Å². The first-order valence-electron chi connectivity index (χ1n) is 43.8. The first kappa shape index (κ1) is 79.9. The summed E-state index contributed by atoms with van der Waals surface area (Å²) >= 11 is 0. The van der Waals surface area contributed by atoms with E-state index in [1.165, 1.54) is 0 Å². The van der Waals surface area contributed by atoms with E-state index in [1.807, 2.05) is 116 Å². The van der Waals surface area contributed by atoms with Crippen LogP contribution in [0.3, 0.4) is 0 Å². The highest BCUT2D eigenvalue weighted by molar-refractivity contribution is 6.13. The van der Waals surface area contributed by atoms with Gasteiger partial charge in [-0.05, 0) is 228 Å². The number of hydrogen-bond donors (Lipinski definition) is 0. The summed E-state index contributed by atoms with van der Waals surface area (Å²) in [7, 11) is 0. The van der Waals surface area contributed by atoms with E-state index in [9.17, 15) is 0 Å². The van der Waals surface area contributed by atoms with Crippen LogP contribution in [-0.4, -0.2) is 59.8 Å². The van der Waals surface area contributed by atoms with Crippen LogP contribution in [0.1, 0.15) is 0 Å². The lowest BCUT2D eigenvalue weighted by Crippen LogP contribution is -1.94. The van der Waals surface area contributed by atoms with Gasteiger partial charge in [-0.15, -0.1) is 0 Å². The number of benzene rings is 12. The Kier molecular flexibility index (Phi) is 21.9. The number of hydrogen-bond acceptors (Lipinski definition) is 12. The highest BCUT2D eigenvalue weighted by atomic mass is 14.8. The molecule has 12 aromatic heterocycles. The van der Waals surface area contributed by atoms with Crippen molar-refractivity contribution in [2.45, 2.75) is 0 Å². The molecule has 12 aromatic carbocycles. The van der Waals surface area contributed by atoms with Crippen molar-refractivity contribution in [2.24, 2.45) is 0 Å². The second kappa shape index (κ2) is 36.2. The predicted molar refractivity (Wildman–Crippen MR) is 539 cm³/mol. The lowest BCUT2D eigenvalue weighted by Gasteiger charge is -2.14. The van der Waals surface area contributed by atoms with Gasteiger partial charge in [0.2, 0.25) is 0 Å². The molecule has 0 spiro atoms. The monoisotopic (exact) mass is 1690 g/mol. The topological polar surface area (TPSA) is 155 Å². The highest BCUT2D eigenvalue weighted by Gasteiger charge is 2.20. The molecule has 0 amide bonds. The average Bonchev–Trinajstić information content (AvgIpc) is 0.746. The quantitative estimate of drug-likeness (QED) is 0.0897. The van der Waals surface area contributed by atoms with Gasteiger partial charge in [-0.1, -0.05) is 255 Å². The summed E-state index contributed by atoms with van der Waals surface area (Å²) in [6.07, 6.45) is 27.8. The van der Waals surface area contributed by atoms with E-state index in [0.717, 1.165) is 233 Å². The largest absolute Gasteiger partial charge is 0.264 e. The summed E-state index contributed by atoms with van der Waals surface area (Å²) in [4.78, 5) is 55.9. The maximum Gasteiger partial charge on any atom is 0.0978 e. The first-order chi connectivity index (χ1) is 65.4. The fourth-order valence-corrected chi connectivity index (χ4v) is 17.6. The molecule has 0 unspecified atom stereocenters. The molecule has 24 aromatic rings. The third-order valence-corrected chi connectivity index (χ3v) is 24.2. The van der Waals surface area contributed by atoms with Crippen LogP contribution in [0.25, 0.3) is 233 Å². The van der Waals surface area contributed by atoms with Gasteiger partial charge in [-0.3, -0.25) is 44.9 Å². The number of aromatic nitrogens is 12. The molecule has 0 atom stereocenters. The van der Waals surface area contributed by atoms with E-state index in [2.05, 4.69) is 356 Å². The van der Waals surface area contributed by atoms with E-state index in [-0.39, 0.29) is 0 Å². The Balaban J connectivity index is 0.000000117. The molecule has 12 heterocycles. The minimum atomic E-state index is 0.894. The number of pyridine rings is 12. The third-order valence-electron chi connectivity index (χ3n) is 24.2. The van der Waals surface area contributed by atoms with Crippen LogP contribution < -0.4 is 0 Å². The Morgan fingerprint density at radius 2 is 0.386 bits per heavy atom. The minimum absolute atomic E-state index is 0.894. The van der Waals surface area contributed by atoms with E-state index < -0.39 is 0 Å². The van der Waals surface area contributed by atoms with Gasteiger partial charge in [-0.25, -0.2) is 15.0 Å². The smallest absolute Gasteiger partial charge is 0.0978 e. The van der Waals surface area contributed by atoms with Gasteiger partial charge in [0.1, 0.15) is 0 Å². The Hall–Kier alpha value is -18.0. The Labute approximate surface area is 762 Å². The molecule has 618 valence electrons. The molecule has 0 bridgehead atoms. The van der Waals surface area contributed by atoms with E-state index >= 15 is 0 Å². The molecule has 0 fully saturated rings. The van der Waals surface area contributed by atoms with E-state index in [0.29, 0.717) is 0 Å². The Bertz CT molecular complexity index is 8130.